The molecule has 0 spiro atoms. The number of ether oxygens (including phenoxy) is 1. The van der Waals surface area contributed by atoms with Crippen molar-refractivity contribution in [3.8, 4) is 5.75 Å². The Bertz CT molecular complexity index is 427. The Morgan fingerprint density at radius 2 is 2.11 bits per heavy atom. The maximum absolute atomic E-state index is 5.85. The van der Waals surface area contributed by atoms with Gasteiger partial charge in [-0.15, -0.1) is 0 Å². The maximum Gasteiger partial charge on any atom is 0.123 e. The standard InChI is InChI=1S/C15H22N2O/c1-11-9-14-4-3-13(10-15(14)18-11)12(2)17-7-5-16-6-8-17/h3-4,10-12,16H,5-9H2,1-2H3/t11-,12?/m1/s1. The molecule has 2 heterocycles. The number of benzene rings is 1. The van der Waals surface area contributed by atoms with Crippen molar-refractivity contribution >= 4 is 0 Å². The van der Waals surface area contributed by atoms with E-state index in [-0.39, 0.29) is 0 Å². The lowest BCUT2D eigenvalue weighted by atomic mass is 10.0. The number of nitrogens with one attached hydrogen (secondary N) is 1. The minimum atomic E-state index is 0.338. The number of hydrogen-bond acceptors (Lipinski definition) is 3. The minimum absolute atomic E-state index is 0.338. The van der Waals surface area contributed by atoms with Gasteiger partial charge in [0.15, 0.2) is 0 Å². The number of rotatable bonds is 2. The second kappa shape index (κ2) is 4.90. The lowest BCUT2D eigenvalue weighted by Gasteiger charge is -2.33. The molecule has 3 rings (SSSR count). The predicted molar refractivity (Wildman–Crippen MR) is 73.1 cm³/mol. The third-order valence-corrected chi connectivity index (χ3v) is 4.11. The SMILES string of the molecule is CC(c1ccc2c(c1)O[C@H](C)C2)N1CCNCC1. The summed E-state index contributed by atoms with van der Waals surface area (Å²) < 4.78 is 5.85. The zero-order valence-electron chi connectivity index (χ0n) is 11.3. The van der Waals surface area contributed by atoms with Gasteiger partial charge in [0.05, 0.1) is 0 Å². The second-order valence-corrected chi connectivity index (χ2v) is 5.46. The number of nitrogens with zero attached hydrogens (tertiary/aromatic N) is 1. The highest BCUT2D eigenvalue weighted by Crippen LogP contribution is 2.32. The van der Waals surface area contributed by atoms with Crippen molar-refractivity contribution in [3.05, 3.63) is 29.3 Å². The third kappa shape index (κ3) is 2.25. The van der Waals surface area contributed by atoms with Crippen LogP contribution in [-0.4, -0.2) is 37.2 Å². The summed E-state index contributed by atoms with van der Waals surface area (Å²) in [4.78, 5) is 2.54. The van der Waals surface area contributed by atoms with Gasteiger partial charge < -0.3 is 10.1 Å². The largest absolute Gasteiger partial charge is 0.490 e. The minimum Gasteiger partial charge on any atom is -0.490 e. The van der Waals surface area contributed by atoms with Gasteiger partial charge >= 0.3 is 0 Å². The lowest BCUT2D eigenvalue weighted by Crippen LogP contribution is -2.44. The first-order valence-corrected chi connectivity index (χ1v) is 6.98. The molecule has 3 nitrogen and oxygen atoms in total. The summed E-state index contributed by atoms with van der Waals surface area (Å²) in [5, 5.41) is 3.40. The van der Waals surface area contributed by atoms with Gasteiger partial charge in [-0.2, -0.15) is 0 Å². The molecule has 3 heteroatoms. The summed E-state index contributed by atoms with van der Waals surface area (Å²) >= 11 is 0. The van der Waals surface area contributed by atoms with E-state index in [4.69, 9.17) is 4.74 Å². The van der Waals surface area contributed by atoms with Crippen LogP contribution in [0, 0.1) is 0 Å². The van der Waals surface area contributed by atoms with Gasteiger partial charge in [0.1, 0.15) is 11.9 Å². The van der Waals surface area contributed by atoms with E-state index in [0.29, 0.717) is 12.1 Å². The lowest BCUT2D eigenvalue weighted by molar-refractivity contribution is 0.185. The molecule has 0 radical (unpaired) electrons. The molecule has 1 saturated heterocycles. The zero-order valence-corrected chi connectivity index (χ0v) is 11.3. The Morgan fingerprint density at radius 3 is 2.89 bits per heavy atom. The zero-order chi connectivity index (χ0) is 12.5. The molecule has 1 fully saturated rings. The number of piperazine rings is 1. The van der Waals surface area contributed by atoms with E-state index in [0.717, 1.165) is 38.3 Å². The van der Waals surface area contributed by atoms with E-state index in [9.17, 15) is 0 Å². The van der Waals surface area contributed by atoms with Crippen molar-refractivity contribution in [1.29, 1.82) is 0 Å². The Balaban J connectivity index is 1.78. The summed E-state index contributed by atoms with van der Waals surface area (Å²) in [5.74, 6) is 1.10. The number of fused-ring (bicyclic) bond motifs is 1. The molecule has 1 aromatic rings. The van der Waals surface area contributed by atoms with Crippen LogP contribution in [0.5, 0.6) is 5.75 Å². The molecule has 0 aliphatic carbocycles. The van der Waals surface area contributed by atoms with E-state index in [2.05, 4.69) is 42.3 Å². The molecule has 0 aromatic heterocycles. The third-order valence-electron chi connectivity index (χ3n) is 4.11. The van der Waals surface area contributed by atoms with Crippen LogP contribution < -0.4 is 10.1 Å². The first-order valence-electron chi connectivity index (χ1n) is 6.98. The first-order chi connectivity index (χ1) is 8.74. The monoisotopic (exact) mass is 246 g/mol. The normalized spacial score (nSPS) is 25.6. The predicted octanol–water partition coefficient (Wildman–Crippen LogP) is 1.98. The van der Waals surface area contributed by atoms with Crippen LogP contribution in [-0.2, 0) is 6.42 Å². The fraction of sp³-hybridized carbons (Fsp3) is 0.600. The maximum atomic E-state index is 5.85. The molecule has 0 saturated carbocycles. The van der Waals surface area contributed by atoms with Gasteiger partial charge in [-0.05, 0) is 31.0 Å². The van der Waals surface area contributed by atoms with Crippen LogP contribution in [0.1, 0.15) is 31.0 Å². The van der Waals surface area contributed by atoms with E-state index in [1.54, 1.807) is 0 Å². The van der Waals surface area contributed by atoms with Crippen LogP contribution in [0.15, 0.2) is 18.2 Å². The van der Waals surface area contributed by atoms with Gasteiger partial charge in [-0.3, -0.25) is 4.90 Å². The number of hydrogen-bond donors (Lipinski definition) is 1. The van der Waals surface area contributed by atoms with Crippen LogP contribution in [0.2, 0.25) is 0 Å². The van der Waals surface area contributed by atoms with Crippen LogP contribution >= 0.6 is 0 Å². The average molecular weight is 246 g/mol. The fourth-order valence-electron chi connectivity index (χ4n) is 2.96. The molecule has 18 heavy (non-hydrogen) atoms. The summed E-state index contributed by atoms with van der Waals surface area (Å²) in [6.45, 7) is 8.90. The van der Waals surface area contributed by atoms with Crippen molar-refractivity contribution in [1.82, 2.24) is 10.2 Å². The summed E-state index contributed by atoms with van der Waals surface area (Å²) in [6.07, 6.45) is 1.39. The molecular formula is C15H22N2O. The van der Waals surface area contributed by atoms with Crippen molar-refractivity contribution in [2.45, 2.75) is 32.4 Å². The van der Waals surface area contributed by atoms with Gasteiger partial charge in [0.25, 0.3) is 0 Å². The van der Waals surface area contributed by atoms with Gasteiger partial charge in [0.2, 0.25) is 0 Å². The summed E-state index contributed by atoms with van der Waals surface area (Å²) in [5.41, 5.74) is 2.74. The fourth-order valence-corrected chi connectivity index (χ4v) is 2.96. The quantitative estimate of drug-likeness (QED) is 0.863. The van der Waals surface area contributed by atoms with E-state index in [1.165, 1.54) is 11.1 Å². The second-order valence-electron chi connectivity index (χ2n) is 5.46. The van der Waals surface area contributed by atoms with Gasteiger partial charge in [0, 0.05) is 38.6 Å². The highest BCUT2D eigenvalue weighted by atomic mass is 16.5. The Kier molecular flexibility index (Phi) is 3.27. The average Bonchev–Trinajstić information content (AvgIpc) is 2.78. The summed E-state index contributed by atoms with van der Waals surface area (Å²) in [6, 6.07) is 7.24. The molecule has 2 aliphatic rings. The first kappa shape index (κ1) is 12.0. The molecule has 0 amide bonds. The topological polar surface area (TPSA) is 24.5 Å². The van der Waals surface area contributed by atoms with Crippen LogP contribution in [0.3, 0.4) is 0 Å². The van der Waals surface area contributed by atoms with Crippen molar-refractivity contribution in [2.24, 2.45) is 0 Å². The molecule has 1 aromatic carbocycles. The van der Waals surface area contributed by atoms with Crippen molar-refractivity contribution in [2.75, 3.05) is 26.2 Å². The molecule has 2 aliphatic heterocycles. The van der Waals surface area contributed by atoms with E-state index < -0.39 is 0 Å². The van der Waals surface area contributed by atoms with E-state index in [1.807, 2.05) is 0 Å². The molecular weight excluding hydrogens is 224 g/mol. The van der Waals surface area contributed by atoms with Crippen LogP contribution in [0.4, 0.5) is 0 Å². The molecule has 0 bridgehead atoms. The highest BCUT2D eigenvalue weighted by molar-refractivity contribution is 5.41. The molecule has 1 unspecified atom stereocenters. The van der Waals surface area contributed by atoms with Gasteiger partial charge in [-0.25, -0.2) is 0 Å². The summed E-state index contributed by atoms with van der Waals surface area (Å²) in [7, 11) is 0. The molecule has 2 atom stereocenters. The highest BCUT2D eigenvalue weighted by Gasteiger charge is 2.22. The van der Waals surface area contributed by atoms with Crippen molar-refractivity contribution in [3.63, 3.8) is 0 Å². The van der Waals surface area contributed by atoms with E-state index >= 15 is 0 Å². The Hall–Kier alpha value is -1.06. The van der Waals surface area contributed by atoms with Crippen LogP contribution in [0.25, 0.3) is 0 Å². The molecule has 1 N–H and O–H groups in total. The Morgan fingerprint density at radius 1 is 1.33 bits per heavy atom. The molecule has 98 valence electrons. The van der Waals surface area contributed by atoms with Crippen molar-refractivity contribution < 1.29 is 4.74 Å². The smallest absolute Gasteiger partial charge is 0.123 e. The van der Waals surface area contributed by atoms with Gasteiger partial charge in [-0.1, -0.05) is 12.1 Å². The Labute approximate surface area is 109 Å².